The van der Waals surface area contributed by atoms with Gasteiger partial charge in [-0.15, -0.1) is 16.8 Å². The molecule has 8 heteroatoms. The van der Waals surface area contributed by atoms with Crippen LogP contribution in [-0.4, -0.2) is 34.2 Å². The fourth-order valence-electron chi connectivity index (χ4n) is 2.79. The van der Waals surface area contributed by atoms with Gasteiger partial charge in [0, 0.05) is 17.3 Å². The Kier molecular flexibility index (Phi) is 8.04. The van der Waals surface area contributed by atoms with Gasteiger partial charge in [0.1, 0.15) is 5.75 Å². The highest BCUT2D eigenvalue weighted by molar-refractivity contribution is 7.99. The Morgan fingerprint density at radius 3 is 2.57 bits per heavy atom. The van der Waals surface area contributed by atoms with E-state index in [4.69, 9.17) is 25.8 Å². The molecular weight excluding hydrogens is 422 g/mol. The van der Waals surface area contributed by atoms with Gasteiger partial charge in [-0.1, -0.05) is 41.6 Å². The SMILES string of the molecule is C=CCn1c(SCCOc2ccc(Cl)cc2)nnc1C(C)Oc1ccccc1OC. The molecule has 0 amide bonds. The Labute approximate surface area is 185 Å². The van der Waals surface area contributed by atoms with E-state index in [1.54, 1.807) is 31.0 Å². The fraction of sp³-hybridized carbons (Fsp3) is 0.273. The van der Waals surface area contributed by atoms with Gasteiger partial charge < -0.3 is 14.2 Å². The highest BCUT2D eigenvalue weighted by atomic mass is 35.5. The number of halogens is 1. The first kappa shape index (κ1) is 22.1. The first-order valence-corrected chi connectivity index (χ1v) is 10.8. The zero-order valence-electron chi connectivity index (χ0n) is 17.0. The van der Waals surface area contributed by atoms with Crippen molar-refractivity contribution in [1.82, 2.24) is 14.8 Å². The minimum atomic E-state index is -0.312. The summed E-state index contributed by atoms with van der Waals surface area (Å²) < 4.78 is 19.2. The van der Waals surface area contributed by atoms with Crippen LogP contribution in [0.4, 0.5) is 0 Å². The fourth-order valence-corrected chi connectivity index (χ4v) is 3.69. The summed E-state index contributed by atoms with van der Waals surface area (Å²) in [4.78, 5) is 0. The van der Waals surface area contributed by atoms with E-state index >= 15 is 0 Å². The van der Waals surface area contributed by atoms with Gasteiger partial charge in [0.25, 0.3) is 0 Å². The Morgan fingerprint density at radius 2 is 1.87 bits per heavy atom. The third kappa shape index (κ3) is 5.70. The van der Waals surface area contributed by atoms with Crippen molar-refractivity contribution in [3.05, 3.63) is 72.0 Å². The maximum absolute atomic E-state index is 6.09. The summed E-state index contributed by atoms with van der Waals surface area (Å²) in [5.41, 5.74) is 0. The van der Waals surface area contributed by atoms with Crippen molar-refractivity contribution < 1.29 is 14.2 Å². The zero-order chi connectivity index (χ0) is 21.3. The Balaban J connectivity index is 1.63. The molecule has 30 heavy (non-hydrogen) atoms. The van der Waals surface area contributed by atoms with Crippen LogP contribution in [0.1, 0.15) is 18.9 Å². The summed E-state index contributed by atoms with van der Waals surface area (Å²) in [5, 5.41) is 10.2. The predicted octanol–water partition coefficient (Wildman–Crippen LogP) is 5.44. The van der Waals surface area contributed by atoms with Gasteiger partial charge in [-0.2, -0.15) is 0 Å². The van der Waals surface area contributed by atoms with Gasteiger partial charge in [-0.05, 0) is 43.3 Å². The van der Waals surface area contributed by atoms with Crippen LogP contribution >= 0.6 is 23.4 Å². The van der Waals surface area contributed by atoms with E-state index in [9.17, 15) is 0 Å². The van der Waals surface area contributed by atoms with Crippen LogP contribution < -0.4 is 14.2 Å². The van der Waals surface area contributed by atoms with Crippen LogP contribution in [0.2, 0.25) is 5.02 Å². The number of methoxy groups -OCH3 is 1. The minimum absolute atomic E-state index is 0.312. The number of hydrogen-bond acceptors (Lipinski definition) is 6. The van der Waals surface area contributed by atoms with Crippen LogP contribution in [0.3, 0.4) is 0 Å². The first-order valence-electron chi connectivity index (χ1n) is 9.47. The monoisotopic (exact) mass is 445 g/mol. The maximum Gasteiger partial charge on any atom is 0.191 e. The molecule has 0 saturated carbocycles. The standard InChI is InChI=1S/C22H24ClN3O3S/c1-4-13-26-21(16(2)29-20-8-6-5-7-19(20)27-3)24-25-22(26)30-15-14-28-18-11-9-17(23)10-12-18/h4-12,16H,1,13-15H2,2-3H3. The molecule has 0 saturated heterocycles. The smallest absolute Gasteiger partial charge is 0.191 e. The van der Waals surface area contributed by atoms with Crippen LogP contribution in [-0.2, 0) is 6.54 Å². The van der Waals surface area contributed by atoms with Crippen molar-refractivity contribution in [2.45, 2.75) is 24.7 Å². The second-order valence-corrected chi connectivity index (χ2v) is 7.80. The highest BCUT2D eigenvalue weighted by Gasteiger charge is 2.20. The predicted molar refractivity (Wildman–Crippen MR) is 120 cm³/mol. The van der Waals surface area contributed by atoms with Gasteiger partial charge in [0.2, 0.25) is 0 Å². The van der Waals surface area contributed by atoms with E-state index < -0.39 is 0 Å². The van der Waals surface area contributed by atoms with Gasteiger partial charge >= 0.3 is 0 Å². The molecule has 3 aromatic rings. The molecular formula is C22H24ClN3O3S. The molecule has 2 aromatic carbocycles. The minimum Gasteiger partial charge on any atom is -0.493 e. The summed E-state index contributed by atoms with van der Waals surface area (Å²) >= 11 is 7.46. The summed E-state index contributed by atoms with van der Waals surface area (Å²) in [6, 6.07) is 14.8. The van der Waals surface area contributed by atoms with Crippen LogP contribution in [0, 0.1) is 0 Å². The van der Waals surface area contributed by atoms with Crippen molar-refractivity contribution in [2.24, 2.45) is 0 Å². The molecule has 3 rings (SSSR count). The molecule has 1 atom stereocenters. The lowest BCUT2D eigenvalue weighted by atomic mass is 10.3. The Morgan fingerprint density at radius 1 is 1.13 bits per heavy atom. The highest BCUT2D eigenvalue weighted by Crippen LogP contribution is 2.31. The van der Waals surface area contributed by atoms with E-state index in [0.717, 1.165) is 22.5 Å². The van der Waals surface area contributed by atoms with Crippen molar-refractivity contribution in [2.75, 3.05) is 19.5 Å². The number of nitrogens with zero attached hydrogens (tertiary/aromatic N) is 3. The summed E-state index contributed by atoms with van der Waals surface area (Å²) in [6.07, 6.45) is 1.50. The molecule has 0 aliphatic carbocycles. The summed E-state index contributed by atoms with van der Waals surface area (Å²) in [7, 11) is 1.62. The van der Waals surface area contributed by atoms with E-state index in [1.165, 1.54) is 0 Å². The van der Waals surface area contributed by atoms with Gasteiger partial charge in [0.15, 0.2) is 28.6 Å². The molecule has 6 nitrogen and oxygen atoms in total. The number of rotatable bonds is 11. The molecule has 0 bridgehead atoms. The summed E-state index contributed by atoms with van der Waals surface area (Å²) in [5.74, 6) is 3.56. The number of thioether (sulfide) groups is 1. The van der Waals surface area contributed by atoms with Crippen molar-refractivity contribution in [3.8, 4) is 17.2 Å². The van der Waals surface area contributed by atoms with Crippen LogP contribution in [0.25, 0.3) is 0 Å². The van der Waals surface area contributed by atoms with Gasteiger partial charge in [-0.3, -0.25) is 4.57 Å². The van der Waals surface area contributed by atoms with Gasteiger partial charge in [-0.25, -0.2) is 0 Å². The van der Waals surface area contributed by atoms with E-state index in [-0.39, 0.29) is 6.10 Å². The Hall–Kier alpha value is -2.64. The molecule has 0 spiro atoms. The number of para-hydroxylation sites is 2. The number of aromatic nitrogens is 3. The van der Waals surface area contributed by atoms with Crippen molar-refractivity contribution in [3.63, 3.8) is 0 Å². The maximum atomic E-state index is 6.09. The molecule has 0 N–H and O–H groups in total. The van der Waals surface area contributed by atoms with E-state index in [1.807, 2.05) is 54.0 Å². The van der Waals surface area contributed by atoms with Crippen LogP contribution in [0.5, 0.6) is 17.2 Å². The third-order valence-electron chi connectivity index (χ3n) is 4.19. The number of benzene rings is 2. The quantitative estimate of drug-likeness (QED) is 0.222. The molecule has 0 radical (unpaired) electrons. The molecule has 0 fully saturated rings. The number of allylic oxidation sites excluding steroid dienone is 1. The Bertz CT molecular complexity index is 963. The molecule has 1 heterocycles. The third-order valence-corrected chi connectivity index (χ3v) is 5.37. The molecule has 1 unspecified atom stereocenters. The first-order chi connectivity index (χ1) is 14.6. The zero-order valence-corrected chi connectivity index (χ0v) is 18.5. The molecule has 1 aromatic heterocycles. The van der Waals surface area contributed by atoms with Gasteiger partial charge in [0.05, 0.1) is 13.7 Å². The molecule has 158 valence electrons. The topological polar surface area (TPSA) is 58.4 Å². The normalized spacial score (nSPS) is 11.7. The second-order valence-electron chi connectivity index (χ2n) is 6.30. The average molecular weight is 446 g/mol. The lowest BCUT2D eigenvalue weighted by molar-refractivity contribution is 0.201. The van der Waals surface area contributed by atoms with Crippen LogP contribution in [0.15, 0.2) is 66.3 Å². The molecule has 0 aliphatic rings. The average Bonchev–Trinajstić information content (AvgIpc) is 3.16. The largest absolute Gasteiger partial charge is 0.493 e. The van der Waals surface area contributed by atoms with Crippen molar-refractivity contribution >= 4 is 23.4 Å². The second kappa shape index (κ2) is 10.9. The summed E-state index contributed by atoms with van der Waals surface area (Å²) in [6.45, 7) is 6.91. The number of hydrogen-bond donors (Lipinski definition) is 0. The number of ether oxygens (including phenoxy) is 3. The lowest BCUT2D eigenvalue weighted by Crippen LogP contribution is -2.13. The molecule has 0 aliphatic heterocycles. The lowest BCUT2D eigenvalue weighted by Gasteiger charge is -2.17. The van der Waals surface area contributed by atoms with E-state index in [2.05, 4.69) is 16.8 Å². The van der Waals surface area contributed by atoms with Crippen molar-refractivity contribution in [1.29, 1.82) is 0 Å². The van der Waals surface area contributed by atoms with E-state index in [0.29, 0.717) is 29.7 Å².